The van der Waals surface area contributed by atoms with Crippen LogP contribution in [0.5, 0.6) is 5.88 Å². The number of benzene rings is 2. The number of nitrogens with zero attached hydrogens (tertiary/aromatic N) is 3. The molecule has 3 aromatic rings. The van der Waals surface area contributed by atoms with Crippen molar-refractivity contribution in [3.63, 3.8) is 0 Å². The van der Waals surface area contributed by atoms with Gasteiger partial charge in [0.2, 0.25) is 5.88 Å². The topological polar surface area (TPSA) is 104 Å². The number of H-pyrrole nitrogens is 1. The Morgan fingerprint density at radius 3 is 2.68 bits per heavy atom. The van der Waals surface area contributed by atoms with Crippen LogP contribution in [0.1, 0.15) is 0 Å². The van der Waals surface area contributed by atoms with Crippen molar-refractivity contribution in [1.29, 1.82) is 0 Å². The number of aromatic hydroxyl groups is 1. The lowest BCUT2D eigenvalue weighted by atomic mass is 10.2. The first-order valence-corrected chi connectivity index (χ1v) is 6.21. The highest BCUT2D eigenvalue weighted by molar-refractivity contribution is 5.95. The van der Waals surface area contributed by atoms with Crippen LogP contribution in [-0.4, -0.2) is 15.0 Å². The molecule has 0 aliphatic rings. The van der Waals surface area contributed by atoms with Gasteiger partial charge in [-0.05, 0) is 18.2 Å². The quantitative estimate of drug-likeness (QED) is 0.427. The van der Waals surface area contributed by atoms with Gasteiger partial charge in [0.1, 0.15) is 5.69 Å². The number of nitrogens with one attached hydrogen (secondary N) is 1. The van der Waals surface area contributed by atoms with E-state index in [2.05, 4.69) is 15.2 Å². The Hall–Kier alpha value is -3.29. The van der Waals surface area contributed by atoms with E-state index in [1.54, 1.807) is 6.07 Å². The Morgan fingerprint density at radius 1 is 1.18 bits per heavy atom. The van der Waals surface area contributed by atoms with Gasteiger partial charge in [-0.25, -0.2) is 4.39 Å². The van der Waals surface area contributed by atoms with Gasteiger partial charge in [0.05, 0.1) is 10.4 Å². The SMILES string of the molecule is O=[N+]([O-])c1ccc2[nH]c(O)c(N=Nc3ccccc3F)c2c1. The molecule has 0 fully saturated rings. The van der Waals surface area contributed by atoms with Gasteiger partial charge < -0.3 is 10.1 Å². The zero-order valence-electron chi connectivity index (χ0n) is 11.0. The third-order valence-electron chi connectivity index (χ3n) is 3.06. The molecule has 0 saturated carbocycles. The fourth-order valence-electron chi connectivity index (χ4n) is 2.00. The monoisotopic (exact) mass is 300 g/mol. The largest absolute Gasteiger partial charge is 0.493 e. The van der Waals surface area contributed by atoms with Crippen molar-refractivity contribution in [1.82, 2.24) is 4.98 Å². The first-order valence-electron chi connectivity index (χ1n) is 6.21. The van der Waals surface area contributed by atoms with Gasteiger partial charge in [0.25, 0.3) is 5.69 Å². The van der Waals surface area contributed by atoms with Crippen LogP contribution >= 0.6 is 0 Å². The van der Waals surface area contributed by atoms with E-state index in [1.807, 2.05) is 0 Å². The number of aromatic nitrogens is 1. The van der Waals surface area contributed by atoms with Crippen LogP contribution in [0.4, 0.5) is 21.5 Å². The van der Waals surface area contributed by atoms with Gasteiger partial charge in [-0.3, -0.25) is 10.1 Å². The minimum Gasteiger partial charge on any atom is -0.493 e. The number of fused-ring (bicyclic) bond motifs is 1. The normalized spacial score (nSPS) is 11.3. The van der Waals surface area contributed by atoms with Crippen LogP contribution in [0.25, 0.3) is 10.9 Å². The van der Waals surface area contributed by atoms with Crippen LogP contribution in [0.15, 0.2) is 52.7 Å². The van der Waals surface area contributed by atoms with Crippen LogP contribution in [0.3, 0.4) is 0 Å². The molecule has 8 heteroatoms. The Morgan fingerprint density at radius 2 is 1.95 bits per heavy atom. The second kappa shape index (κ2) is 5.24. The molecule has 3 rings (SSSR count). The second-order valence-electron chi connectivity index (χ2n) is 4.46. The first-order chi connectivity index (χ1) is 10.6. The summed E-state index contributed by atoms with van der Waals surface area (Å²) in [5, 5.41) is 28.5. The van der Waals surface area contributed by atoms with Gasteiger partial charge in [-0.2, -0.15) is 0 Å². The Labute approximate surface area is 122 Å². The number of nitro benzene ring substituents is 1. The van der Waals surface area contributed by atoms with Gasteiger partial charge in [-0.1, -0.05) is 12.1 Å². The summed E-state index contributed by atoms with van der Waals surface area (Å²) in [6.07, 6.45) is 0. The zero-order chi connectivity index (χ0) is 15.7. The van der Waals surface area contributed by atoms with Crippen LogP contribution in [0, 0.1) is 15.9 Å². The van der Waals surface area contributed by atoms with Crippen molar-refractivity contribution in [2.45, 2.75) is 0 Å². The van der Waals surface area contributed by atoms with Crippen molar-refractivity contribution in [3.8, 4) is 5.88 Å². The van der Waals surface area contributed by atoms with Gasteiger partial charge in [-0.15, -0.1) is 10.2 Å². The summed E-state index contributed by atoms with van der Waals surface area (Å²) in [7, 11) is 0. The molecule has 1 aromatic heterocycles. The molecule has 1 heterocycles. The predicted molar refractivity (Wildman–Crippen MR) is 77.2 cm³/mol. The number of hydrogen-bond acceptors (Lipinski definition) is 5. The highest BCUT2D eigenvalue weighted by Crippen LogP contribution is 2.38. The van der Waals surface area contributed by atoms with E-state index in [-0.39, 0.29) is 22.9 Å². The van der Waals surface area contributed by atoms with Crippen molar-refractivity contribution >= 4 is 28.0 Å². The standard InChI is InChI=1S/C14H9FN4O3/c15-10-3-1-2-4-12(10)17-18-13-9-7-8(19(21)22)5-6-11(9)16-14(13)20/h1-7,16,20H. The smallest absolute Gasteiger partial charge is 0.270 e. The fraction of sp³-hybridized carbons (Fsp3) is 0. The van der Waals surface area contributed by atoms with E-state index in [0.29, 0.717) is 10.9 Å². The molecule has 0 radical (unpaired) electrons. The maximum Gasteiger partial charge on any atom is 0.270 e. The lowest BCUT2D eigenvalue weighted by Gasteiger charge is -1.95. The molecule has 0 spiro atoms. The summed E-state index contributed by atoms with van der Waals surface area (Å²) in [5.74, 6) is -0.854. The lowest BCUT2D eigenvalue weighted by Crippen LogP contribution is -1.86. The number of aromatic amines is 1. The highest BCUT2D eigenvalue weighted by atomic mass is 19.1. The average Bonchev–Trinajstić information content (AvgIpc) is 2.81. The summed E-state index contributed by atoms with van der Waals surface area (Å²) >= 11 is 0. The fourth-order valence-corrected chi connectivity index (χ4v) is 2.00. The molecule has 0 saturated heterocycles. The summed E-state index contributed by atoms with van der Waals surface area (Å²) in [6, 6.07) is 9.78. The molecular weight excluding hydrogens is 291 g/mol. The molecule has 7 nitrogen and oxygen atoms in total. The van der Waals surface area contributed by atoms with Gasteiger partial charge >= 0.3 is 0 Å². The summed E-state index contributed by atoms with van der Waals surface area (Å²) in [6.45, 7) is 0. The van der Waals surface area contributed by atoms with E-state index in [1.165, 1.54) is 36.4 Å². The number of non-ortho nitro benzene ring substituents is 1. The van der Waals surface area contributed by atoms with Crippen molar-refractivity contribution in [2.24, 2.45) is 10.2 Å². The molecule has 0 amide bonds. The molecule has 0 bridgehead atoms. The Kier molecular flexibility index (Phi) is 3.26. The summed E-state index contributed by atoms with van der Waals surface area (Å²) < 4.78 is 13.5. The second-order valence-corrected chi connectivity index (χ2v) is 4.46. The Bertz CT molecular complexity index is 904. The molecule has 0 atom stereocenters. The van der Waals surface area contributed by atoms with E-state index in [0.717, 1.165) is 0 Å². The van der Waals surface area contributed by atoms with Gasteiger partial charge in [0, 0.05) is 17.5 Å². The van der Waals surface area contributed by atoms with Crippen molar-refractivity contribution < 1.29 is 14.4 Å². The molecule has 22 heavy (non-hydrogen) atoms. The molecule has 0 aliphatic heterocycles. The first kappa shape index (κ1) is 13.7. The molecular formula is C14H9FN4O3. The molecule has 0 unspecified atom stereocenters. The maximum atomic E-state index is 13.5. The minimum absolute atomic E-state index is 0.00156. The van der Waals surface area contributed by atoms with E-state index >= 15 is 0 Å². The van der Waals surface area contributed by atoms with Crippen LogP contribution in [-0.2, 0) is 0 Å². The van der Waals surface area contributed by atoms with Gasteiger partial charge in [0.15, 0.2) is 11.5 Å². The average molecular weight is 300 g/mol. The number of nitro groups is 1. The van der Waals surface area contributed by atoms with E-state index < -0.39 is 10.7 Å². The molecule has 2 N–H and O–H groups in total. The summed E-state index contributed by atoms with van der Waals surface area (Å²) in [4.78, 5) is 12.9. The van der Waals surface area contributed by atoms with Crippen molar-refractivity contribution in [2.75, 3.05) is 0 Å². The third kappa shape index (κ3) is 2.37. The summed E-state index contributed by atoms with van der Waals surface area (Å²) in [5.41, 5.74) is 0.336. The number of rotatable bonds is 3. The number of azo groups is 1. The van der Waals surface area contributed by atoms with Crippen LogP contribution < -0.4 is 0 Å². The number of halogens is 1. The van der Waals surface area contributed by atoms with Crippen LogP contribution in [0.2, 0.25) is 0 Å². The Balaban J connectivity index is 2.10. The highest BCUT2D eigenvalue weighted by Gasteiger charge is 2.15. The maximum absolute atomic E-state index is 13.5. The molecule has 2 aromatic carbocycles. The minimum atomic E-state index is -0.559. The number of hydrogen-bond donors (Lipinski definition) is 2. The van der Waals surface area contributed by atoms with E-state index in [9.17, 15) is 19.6 Å². The third-order valence-corrected chi connectivity index (χ3v) is 3.06. The van der Waals surface area contributed by atoms with E-state index in [4.69, 9.17) is 0 Å². The van der Waals surface area contributed by atoms with Crippen molar-refractivity contribution in [3.05, 3.63) is 58.4 Å². The lowest BCUT2D eigenvalue weighted by molar-refractivity contribution is -0.384. The molecule has 110 valence electrons. The predicted octanol–water partition coefficient (Wildman–Crippen LogP) is 4.34. The molecule has 0 aliphatic carbocycles. The zero-order valence-corrected chi connectivity index (χ0v) is 11.0.